The number of Topliss-reactive ketones (excluding diaryl/α,β-unsaturated/α-hetero) is 1. The molecule has 0 aromatic carbocycles. The van der Waals surface area contributed by atoms with Crippen LogP contribution in [0.15, 0.2) is 12.4 Å². The first kappa shape index (κ1) is 11.1. The van der Waals surface area contributed by atoms with E-state index in [0.29, 0.717) is 18.8 Å². The molecule has 0 atom stereocenters. The molecule has 0 unspecified atom stereocenters. The molecule has 0 bridgehead atoms. The van der Waals surface area contributed by atoms with Crippen LogP contribution in [0.5, 0.6) is 0 Å². The summed E-state index contributed by atoms with van der Waals surface area (Å²) in [6.45, 7) is 0.564. The first-order valence-electron chi connectivity index (χ1n) is 6.17. The van der Waals surface area contributed by atoms with Crippen molar-refractivity contribution in [2.24, 2.45) is 7.05 Å². The summed E-state index contributed by atoms with van der Waals surface area (Å²) in [7, 11) is 1.74. The first-order valence-corrected chi connectivity index (χ1v) is 6.17. The van der Waals surface area contributed by atoms with Crippen molar-refractivity contribution in [2.45, 2.75) is 32.2 Å². The molecule has 0 aliphatic heterocycles. The molecule has 0 amide bonds. The molecular weight excluding hydrogens is 230 g/mol. The molecule has 0 fully saturated rings. The van der Waals surface area contributed by atoms with Crippen LogP contribution in [-0.4, -0.2) is 30.6 Å². The quantitative estimate of drug-likeness (QED) is 0.739. The summed E-state index contributed by atoms with van der Waals surface area (Å²) in [5.74, 6) is 0.920. The topological polar surface area (TPSA) is 65.6 Å². The van der Waals surface area contributed by atoms with Crippen molar-refractivity contribution in [3.05, 3.63) is 29.3 Å². The van der Waals surface area contributed by atoms with Gasteiger partial charge in [0.05, 0.1) is 13.6 Å². The second-order valence-electron chi connectivity index (χ2n) is 4.69. The lowest BCUT2D eigenvalue weighted by Gasteiger charge is -1.97. The highest BCUT2D eigenvalue weighted by Crippen LogP contribution is 2.21. The lowest BCUT2D eigenvalue weighted by atomic mass is 10.1. The molecule has 94 valence electrons. The molecular formula is C12H15N5O. The van der Waals surface area contributed by atoms with Crippen LogP contribution in [-0.2, 0) is 20.0 Å². The maximum Gasteiger partial charge on any atom is 0.194 e. The number of ketones is 1. The Hall–Kier alpha value is -1.98. The summed E-state index contributed by atoms with van der Waals surface area (Å²) < 4.78 is 1.98. The fourth-order valence-corrected chi connectivity index (χ4v) is 2.38. The number of carbonyl (C=O) groups excluding carboxylic acids is 1. The van der Waals surface area contributed by atoms with Gasteiger partial charge in [-0.2, -0.15) is 4.80 Å². The van der Waals surface area contributed by atoms with E-state index in [4.69, 9.17) is 0 Å². The Bertz CT molecular complexity index is 583. The maximum absolute atomic E-state index is 11.9. The fraction of sp³-hybridized carbons (Fsp3) is 0.500. The lowest BCUT2D eigenvalue weighted by molar-refractivity contribution is 0.0982. The van der Waals surface area contributed by atoms with Gasteiger partial charge in [-0.15, -0.1) is 10.2 Å². The van der Waals surface area contributed by atoms with Gasteiger partial charge in [0.25, 0.3) is 0 Å². The number of tetrazole rings is 1. The van der Waals surface area contributed by atoms with Crippen LogP contribution in [0.1, 0.15) is 41.0 Å². The molecule has 0 N–H and O–H groups in total. The average Bonchev–Trinajstić information content (AvgIpc) is 2.88. The summed E-state index contributed by atoms with van der Waals surface area (Å²) in [5.41, 5.74) is 2.03. The largest absolute Gasteiger partial charge is 0.346 e. The molecule has 3 rings (SSSR count). The summed E-state index contributed by atoms with van der Waals surface area (Å²) in [6, 6.07) is 0. The minimum atomic E-state index is 0.258. The normalized spacial score (nSPS) is 15.5. The van der Waals surface area contributed by atoms with Crippen molar-refractivity contribution in [3.8, 4) is 0 Å². The number of aromatic nitrogens is 5. The zero-order valence-electron chi connectivity index (χ0n) is 10.3. The van der Waals surface area contributed by atoms with E-state index in [-0.39, 0.29) is 5.78 Å². The van der Waals surface area contributed by atoms with Crippen LogP contribution >= 0.6 is 0 Å². The minimum absolute atomic E-state index is 0.258. The third-order valence-electron chi connectivity index (χ3n) is 3.24. The van der Waals surface area contributed by atoms with Crippen LogP contribution in [0, 0.1) is 0 Å². The van der Waals surface area contributed by atoms with E-state index >= 15 is 0 Å². The van der Waals surface area contributed by atoms with Crippen LogP contribution in [0.4, 0.5) is 0 Å². The zero-order valence-corrected chi connectivity index (χ0v) is 10.3. The molecule has 2 aromatic rings. The zero-order chi connectivity index (χ0) is 12.5. The van der Waals surface area contributed by atoms with Crippen molar-refractivity contribution in [1.29, 1.82) is 0 Å². The molecule has 2 aromatic heterocycles. The highest BCUT2D eigenvalue weighted by molar-refractivity contribution is 5.97. The van der Waals surface area contributed by atoms with Crippen LogP contribution in [0.3, 0.4) is 0 Å². The number of nitrogens with zero attached hydrogens (tertiary/aromatic N) is 5. The predicted molar refractivity (Wildman–Crippen MR) is 64.2 cm³/mol. The van der Waals surface area contributed by atoms with E-state index in [9.17, 15) is 4.79 Å². The van der Waals surface area contributed by atoms with Crippen LogP contribution in [0.25, 0.3) is 0 Å². The monoisotopic (exact) mass is 245 g/mol. The summed E-state index contributed by atoms with van der Waals surface area (Å²) in [6.07, 6.45) is 7.70. The standard InChI is InChI=1S/C12H15N5O/c1-16-14-12(13-15-16)8-17-6-9-4-2-3-5-11(18)10(9)7-17/h6-7H,2-5,8H2,1H3. The van der Waals surface area contributed by atoms with E-state index in [0.717, 1.165) is 30.4 Å². The predicted octanol–water partition coefficient (Wildman–Crippen LogP) is 0.969. The van der Waals surface area contributed by atoms with E-state index in [1.165, 1.54) is 4.80 Å². The molecule has 0 spiro atoms. The van der Waals surface area contributed by atoms with Crippen molar-refractivity contribution in [1.82, 2.24) is 24.8 Å². The molecule has 0 saturated carbocycles. The molecule has 0 saturated heterocycles. The van der Waals surface area contributed by atoms with Crippen LogP contribution in [0.2, 0.25) is 0 Å². The van der Waals surface area contributed by atoms with Gasteiger partial charge in [-0.05, 0) is 30.0 Å². The highest BCUT2D eigenvalue weighted by atomic mass is 16.1. The molecule has 1 aliphatic carbocycles. The third kappa shape index (κ3) is 2.05. The van der Waals surface area contributed by atoms with Crippen molar-refractivity contribution in [3.63, 3.8) is 0 Å². The Balaban J connectivity index is 1.86. The van der Waals surface area contributed by atoms with Crippen molar-refractivity contribution < 1.29 is 4.79 Å². The molecule has 0 radical (unpaired) electrons. The molecule has 2 heterocycles. The smallest absolute Gasteiger partial charge is 0.194 e. The third-order valence-corrected chi connectivity index (χ3v) is 3.24. The van der Waals surface area contributed by atoms with Gasteiger partial charge in [-0.25, -0.2) is 0 Å². The highest BCUT2D eigenvalue weighted by Gasteiger charge is 2.18. The number of fused-ring (bicyclic) bond motifs is 1. The van der Waals surface area contributed by atoms with Crippen molar-refractivity contribution in [2.75, 3.05) is 0 Å². The van der Waals surface area contributed by atoms with Gasteiger partial charge in [0, 0.05) is 24.4 Å². The number of rotatable bonds is 2. The number of hydrogen-bond acceptors (Lipinski definition) is 4. The maximum atomic E-state index is 11.9. The minimum Gasteiger partial charge on any atom is -0.346 e. The van der Waals surface area contributed by atoms with Gasteiger partial charge in [0.1, 0.15) is 0 Å². The van der Waals surface area contributed by atoms with Crippen LogP contribution < -0.4 is 0 Å². The Morgan fingerprint density at radius 3 is 2.89 bits per heavy atom. The second kappa shape index (κ2) is 4.36. The van der Waals surface area contributed by atoms with Gasteiger partial charge >= 0.3 is 0 Å². The SMILES string of the molecule is Cn1nnc(Cn2cc3c(c2)C(=O)CCCC3)n1. The first-order chi connectivity index (χ1) is 8.72. The van der Waals surface area contributed by atoms with Crippen molar-refractivity contribution >= 4 is 5.78 Å². The Morgan fingerprint density at radius 1 is 1.28 bits per heavy atom. The number of aryl methyl sites for hydroxylation is 2. The van der Waals surface area contributed by atoms with Gasteiger partial charge < -0.3 is 4.57 Å². The van der Waals surface area contributed by atoms with E-state index in [2.05, 4.69) is 15.4 Å². The molecule has 6 heteroatoms. The van der Waals surface area contributed by atoms with Gasteiger partial charge in [-0.3, -0.25) is 4.79 Å². The molecule has 18 heavy (non-hydrogen) atoms. The molecule has 6 nitrogen and oxygen atoms in total. The van der Waals surface area contributed by atoms with E-state index in [1.54, 1.807) is 7.05 Å². The number of hydrogen-bond donors (Lipinski definition) is 0. The molecule has 1 aliphatic rings. The Morgan fingerprint density at radius 2 is 2.11 bits per heavy atom. The average molecular weight is 245 g/mol. The van der Waals surface area contributed by atoms with Gasteiger partial charge in [0.15, 0.2) is 11.6 Å². The van der Waals surface area contributed by atoms with Gasteiger partial charge in [-0.1, -0.05) is 0 Å². The fourth-order valence-electron chi connectivity index (χ4n) is 2.38. The summed E-state index contributed by atoms with van der Waals surface area (Å²) in [5, 5.41) is 11.9. The Labute approximate surface area is 105 Å². The summed E-state index contributed by atoms with van der Waals surface area (Å²) >= 11 is 0. The second-order valence-corrected chi connectivity index (χ2v) is 4.69. The number of carbonyl (C=O) groups is 1. The summed E-state index contributed by atoms with van der Waals surface area (Å²) in [4.78, 5) is 13.4. The Kier molecular flexibility index (Phi) is 2.70. The van der Waals surface area contributed by atoms with Gasteiger partial charge in [0.2, 0.25) is 0 Å². The lowest BCUT2D eigenvalue weighted by Crippen LogP contribution is -2.01. The van der Waals surface area contributed by atoms with E-state index < -0.39 is 0 Å². The van der Waals surface area contributed by atoms with E-state index in [1.807, 2.05) is 17.0 Å².